The van der Waals surface area contributed by atoms with Crippen LogP contribution in [0.5, 0.6) is 5.75 Å². The van der Waals surface area contributed by atoms with Crippen LogP contribution in [0, 0.1) is 12.7 Å². The summed E-state index contributed by atoms with van der Waals surface area (Å²) in [7, 11) is 1.49. The molecule has 0 spiro atoms. The van der Waals surface area contributed by atoms with Gasteiger partial charge in [-0.05, 0) is 25.1 Å². The minimum Gasteiger partial charge on any atom is -0.497 e. The van der Waals surface area contributed by atoms with Gasteiger partial charge in [-0.3, -0.25) is 14.5 Å². The molecule has 2 aromatic carbocycles. The van der Waals surface area contributed by atoms with Gasteiger partial charge in [-0.2, -0.15) is 0 Å². The summed E-state index contributed by atoms with van der Waals surface area (Å²) in [4.78, 5) is 27.9. The van der Waals surface area contributed by atoms with Gasteiger partial charge in [0.15, 0.2) is 11.2 Å². The Bertz CT molecular complexity index is 1370. The molecule has 0 fully saturated rings. The van der Waals surface area contributed by atoms with E-state index in [0.29, 0.717) is 11.5 Å². The van der Waals surface area contributed by atoms with E-state index in [1.165, 1.54) is 36.3 Å². The Labute approximate surface area is 169 Å². The molecule has 8 heteroatoms. The zero-order chi connectivity index (χ0) is 21.0. The predicted octanol–water partition coefficient (Wildman–Crippen LogP) is 3.99. The number of halogens is 1. The number of amides is 1. The molecule has 1 aliphatic heterocycles. The Hall–Kier alpha value is -3.94. The standard InChI is InChI=1S/C22H15FN2O5/c1-11-9-17(24-30-11)25-19(13-5-3-4-6-15(13)23)18-20(26)14-8-7-12(28-2)10-16(14)29-21(18)22(25)27/h3-10,19H,1-2H3/t19-/m0/s1. The number of rotatable bonds is 3. The second-order valence-electron chi connectivity index (χ2n) is 6.93. The quantitative estimate of drug-likeness (QED) is 0.511. The van der Waals surface area contributed by atoms with Crippen molar-refractivity contribution in [2.75, 3.05) is 12.0 Å². The molecule has 0 radical (unpaired) electrons. The molecule has 0 N–H and O–H groups in total. The fourth-order valence-electron chi connectivity index (χ4n) is 3.77. The van der Waals surface area contributed by atoms with Crippen molar-refractivity contribution in [1.82, 2.24) is 5.16 Å². The summed E-state index contributed by atoms with van der Waals surface area (Å²) in [6, 6.07) is 11.2. The van der Waals surface area contributed by atoms with Gasteiger partial charge in [-0.1, -0.05) is 23.4 Å². The third-order valence-electron chi connectivity index (χ3n) is 5.14. The summed E-state index contributed by atoms with van der Waals surface area (Å²) in [5.74, 6) is -0.204. The van der Waals surface area contributed by atoms with Crippen LogP contribution in [0.4, 0.5) is 10.2 Å². The molecule has 7 nitrogen and oxygen atoms in total. The number of methoxy groups -OCH3 is 1. The summed E-state index contributed by atoms with van der Waals surface area (Å²) in [6.07, 6.45) is 0. The molecule has 3 heterocycles. The first-order chi connectivity index (χ1) is 14.5. The lowest BCUT2D eigenvalue weighted by Gasteiger charge is -2.22. The molecule has 2 aromatic heterocycles. The molecule has 1 aliphatic rings. The van der Waals surface area contributed by atoms with E-state index < -0.39 is 23.2 Å². The Morgan fingerprint density at radius 1 is 1.13 bits per heavy atom. The molecule has 5 rings (SSSR count). The highest BCUT2D eigenvalue weighted by Crippen LogP contribution is 2.41. The van der Waals surface area contributed by atoms with Gasteiger partial charge in [-0.15, -0.1) is 0 Å². The maximum Gasteiger partial charge on any atom is 0.296 e. The van der Waals surface area contributed by atoms with Gasteiger partial charge in [0.25, 0.3) is 5.91 Å². The third-order valence-corrected chi connectivity index (χ3v) is 5.14. The Morgan fingerprint density at radius 3 is 2.63 bits per heavy atom. The molecule has 150 valence electrons. The second kappa shape index (κ2) is 6.55. The minimum atomic E-state index is -1.04. The van der Waals surface area contributed by atoms with E-state index >= 15 is 0 Å². The second-order valence-corrected chi connectivity index (χ2v) is 6.93. The van der Waals surface area contributed by atoms with E-state index in [-0.39, 0.29) is 33.7 Å². The molecule has 4 aromatic rings. The van der Waals surface area contributed by atoms with E-state index in [1.807, 2.05) is 0 Å². The van der Waals surface area contributed by atoms with Crippen LogP contribution in [-0.2, 0) is 0 Å². The first kappa shape index (κ1) is 18.1. The van der Waals surface area contributed by atoms with E-state index in [2.05, 4.69) is 5.16 Å². The van der Waals surface area contributed by atoms with Crippen LogP contribution in [0.25, 0.3) is 11.0 Å². The molecular formula is C22H15FN2O5. The lowest BCUT2D eigenvalue weighted by molar-refractivity contribution is 0.0969. The fraction of sp³-hybridized carbons (Fsp3) is 0.136. The van der Waals surface area contributed by atoms with E-state index in [1.54, 1.807) is 31.2 Å². The van der Waals surface area contributed by atoms with Gasteiger partial charge in [0.05, 0.1) is 24.1 Å². The van der Waals surface area contributed by atoms with Crippen LogP contribution in [0.3, 0.4) is 0 Å². The van der Waals surface area contributed by atoms with Crippen molar-refractivity contribution >= 4 is 22.7 Å². The third kappa shape index (κ3) is 2.53. The maximum atomic E-state index is 14.8. The summed E-state index contributed by atoms with van der Waals surface area (Å²) in [5.41, 5.74) is 0.00368. The molecule has 0 saturated heterocycles. The lowest BCUT2D eigenvalue weighted by Crippen LogP contribution is -2.30. The van der Waals surface area contributed by atoms with Gasteiger partial charge in [0.2, 0.25) is 5.76 Å². The summed E-state index contributed by atoms with van der Waals surface area (Å²) < 4.78 is 30.9. The Balaban J connectivity index is 1.83. The number of anilines is 1. The normalized spacial score (nSPS) is 15.6. The molecule has 0 saturated carbocycles. The van der Waals surface area contributed by atoms with Gasteiger partial charge < -0.3 is 13.7 Å². The van der Waals surface area contributed by atoms with Gasteiger partial charge in [0.1, 0.15) is 22.9 Å². The largest absolute Gasteiger partial charge is 0.497 e. The van der Waals surface area contributed by atoms with Crippen molar-refractivity contribution in [3.8, 4) is 5.75 Å². The SMILES string of the molecule is COc1ccc2c(=O)c3c(oc2c1)C(=O)N(c1cc(C)on1)[C@H]3c1ccccc1F. The van der Waals surface area contributed by atoms with Crippen LogP contribution in [-0.4, -0.2) is 18.2 Å². The fourth-order valence-corrected chi connectivity index (χ4v) is 3.77. The highest BCUT2D eigenvalue weighted by molar-refractivity contribution is 6.10. The van der Waals surface area contributed by atoms with Crippen molar-refractivity contribution in [3.05, 3.63) is 87.2 Å². The number of aromatic nitrogens is 1. The highest BCUT2D eigenvalue weighted by atomic mass is 19.1. The average Bonchev–Trinajstić information content (AvgIpc) is 3.29. The number of carbonyl (C=O) groups is 1. The number of carbonyl (C=O) groups excluding carboxylic acids is 1. The number of hydrogen-bond donors (Lipinski definition) is 0. The smallest absolute Gasteiger partial charge is 0.296 e. The molecular weight excluding hydrogens is 391 g/mol. The van der Waals surface area contributed by atoms with Gasteiger partial charge >= 0.3 is 0 Å². The number of hydrogen-bond acceptors (Lipinski definition) is 6. The first-order valence-electron chi connectivity index (χ1n) is 9.15. The number of aryl methyl sites for hydroxylation is 1. The van der Waals surface area contributed by atoms with Crippen molar-refractivity contribution in [3.63, 3.8) is 0 Å². The molecule has 1 atom stereocenters. The zero-order valence-electron chi connectivity index (χ0n) is 16.0. The highest BCUT2D eigenvalue weighted by Gasteiger charge is 2.45. The predicted molar refractivity (Wildman–Crippen MR) is 105 cm³/mol. The van der Waals surface area contributed by atoms with Crippen molar-refractivity contribution in [2.45, 2.75) is 13.0 Å². The van der Waals surface area contributed by atoms with Crippen molar-refractivity contribution in [2.24, 2.45) is 0 Å². The molecule has 0 bridgehead atoms. The van der Waals surface area contributed by atoms with Crippen molar-refractivity contribution < 1.29 is 22.9 Å². The molecule has 0 unspecified atom stereocenters. The monoisotopic (exact) mass is 406 g/mol. The van der Waals surface area contributed by atoms with Gasteiger partial charge in [0, 0.05) is 17.7 Å². The average molecular weight is 406 g/mol. The number of benzene rings is 2. The van der Waals surface area contributed by atoms with E-state index in [4.69, 9.17) is 13.7 Å². The Morgan fingerprint density at radius 2 is 1.93 bits per heavy atom. The summed E-state index contributed by atoms with van der Waals surface area (Å²) in [5, 5.41) is 4.17. The van der Waals surface area contributed by atoms with E-state index in [9.17, 15) is 14.0 Å². The van der Waals surface area contributed by atoms with Crippen LogP contribution < -0.4 is 15.1 Å². The summed E-state index contributed by atoms with van der Waals surface area (Å²) >= 11 is 0. The molecule has 30 heavy (non-hydrogen) atoms. The van der Waals surface area contributed by atoms with Crippen LogP contribution in [0.1, 0.15) is 33.5 Å². The molecule has 0 aliphatic carbocycles. The lowest BCUT2D eigenvalue weighted by atomic mass is 9.98. The minimum absolute atomic E-state index is 0.0587. The molecule has 1 amide bonds. The summed E-state index contributed by atoms with van der Waals surface area (Å²) in [6.45, 7) is 1.67. The topological polar surface area (TPSA) is 85.8 Å². The Kier molecular flexibility index (Phi) is 3.95. The van der Waals surface area contributed by atoms with Crippen molar-refractivity contribution in [1.29, 1.82) is 0 Å². The van der Waals surface area contributed by atoms with E-state index in [0.717, 1.165) is 0 Å². The number of nitrogens with zero attached hydrogens (tertiary/aromatic N) is 2. The van der Waals surface area contributed by atoms with Crippen LogP contribution in [0.15, 0.2) is 62.3 Å². The number of ether oxygens (including phenoxy) is 1. The number of fused-ring (bicyclic) bond motifs is 2. The first-order valence-corrected chi connectivity index (χ1v) is 9.15. The maximum absolute atomic E-state index is 14.8. The zero-order valence-corrected chi connectivity index (χ0v) is 16.0. The van der Waals surface area contributed by atoms with Crippen LogP contribution in [0.2, 0.25) is 0 Å². The van der Waals surface area contributed by atoms with Gasteiger partial charge in [-0.25, -0.2) is 4.39 Å². The van der Waals surface area contributed by atoms with Crippen LogP contribution >= 0.6 is 0 Å².